The smallest absolute Gasteiger partial charge is 0.328 e. The lowest BCUT2D eigenvalue weighted by Crippen LogP contribution is -2.48. The number of carbonyl (C=O) groups is 2. The number of hydrogen-bond donors (Lipinski definition) is 2. The van der Waals surface area contributed by atoms with Crippen LogP contribution in [0.1, 0.15) is 65.6 Å². The van der Waals surface area contributed by atoms with E-state index in [2.05, 4.69) is 0 Å². The molecule has 31 heavy (non-hydrogen) atoms. The van der Waals surface area contributed by atoms with E-state index in [1.807, 2.05) is 6.07 Å². The van der Waals surface area contributed by atoms with Crippen molar-refractivity contribution in [3.05, 3.63) is 69.8 Å². The summed E-state index contributed by atoms with van der Waals surface area (Å²) in [6.45, 7) is 0. The maximum absolute atomic E-state index is 13.3. The summed E-state index contributed by atoms with van der Waals surface area (Å²) in [5.41, 5.74) is 2.32. The molecule has 0 unspecified atom stereocenters. The number of hydrogen-bond acceptors (Lipinski definition) is 3. The molecule has 4 fully saturated rings. The molecule has 0 radical (unpaired) electrons. The largest absolute Gasteiger partial charge is 0.508 e. The van der Waals surface area contributed by atoms with E-state index in [-0.39, 0.29) is 16.9 Å². The first-order valence-corrected chi connectivity index (χ1v) is 11.3. The summed E-state index contributed by atoms with van der Waals surface area (Å²) in [6.07, 6.45) is 9.69. The molecule has 2 N–H and O–H groups in total. The molecule has 0 atom stereocenters. The van der Waals surface area contributed by atoms with Gasteiger partial charge < -0.3 is 10.2 Å². The quantitative estimate of drug-likeness (QED) is 0.456. The van der Waals surface area contributed by atoms with Crippen molar-refractivity contribution in [2.75, 3.05) is 0 Å². The van der Waals surface area contributed by atoms with E-state index >= 15 is 0 Å². The van der Waals surface area contributed by atoms with Gasteiger partial charge in [-0.15, -0.1) is 0 Å². The highest BCUT2D eigenvalue weighted by molar-refractivity contribution is 6.35. The van der Waals surface area contributed by atoms with Crippen LogP contribution < -0.4 is 0 Å². The second kappa shape index (κ2) is 7.52. The maximum atomic E-state index is 13.3. The van der Waals surface area contributed by atoms with Crippen molar-refractivity contribution < 1.29 is 19.8 Å². The fourth-order valence-corrected chi connectivity index (χ4v) is 6.89. The Kier molecular flexibility index (Phi) is 4.93. The van der Waals surface area contributed by atoms with Crippen LogP contribution in [0.2, 0.25) is 5.02 Å². The van der Waals surface area contributed by atoms with Gasteiger partial charge in [-0.05, 0) is 104 Å². The zero-order chi connectivity index (χ0) is 21.8. The third-order valence-electron chi connectivity index (χ3n) is 7.52. The molecule has 2 aromatic rings. The number of benzene rings is 2. The number of carboxylic acid groups (broad SMARTS) is 1. The van der Waals surface area contributed by atoms with Gasteiger partial charge in [0.15, 0.2) is 5.78 Å². The van der Waals surface area contributed by atoms with Crippen molar-refractivity contribution in [3.63, 3.8) is 0 Å². The van der Waals surface area contributed by atoms with Crippen molar-refractivity contribution >= 4 is 29.4 Å². The molecule has 6 rings (SSSR count). The Morgan fingerprint density at radius 3 is 2.23 bits per heavy atom. The van der Waals surface area contributed by atoms with Gasteiger partial charge in [-0.2, -0.15) is 0 Å². The van der Waals surface area contributed by atoms with E-state index in [1.54, 1.807) is 30.3 Å². The van der Waals surface area contributed by atoms with E-state index in [0.717, 1.165) is 48.7 Å². The number of halogens is 1. The fourth-order valence-electron chi connectivity index (χ4n) is 6.69. The Bertz CT molecular complexity index is 1070. The third kappa shape index (κ3) is 3.67. The predicted molar refractivity (Wildman–Crippen MR) is 120 cm³/mol. The number of aliphatic carboxylic acids is 1. The normalized spacial score (nSPS) is 28.9. The summed E-state index contributed by atoms with van der Waals surface area (Å²) in [7, 11) is 0. The lowest BCUT2D eigenvalue weighted by atomic mass is 9.48. The summed E-state index contributed by atoms with van der Waals surface area (Å²) in [6, 6.07) is 10.1. The Morgan fingerprint density at radius 1 is 0.968 bits per heavy atom. The van der Waals surface area contributed by atoms with Gasteiger partial charge in [0.1, 0.15) is 5.75 Å². The van der Waals surface area contributed by atoms with Gasteiger partial charge >= 0.3 is 5.97 Å². The number of rotatable bonds is 5. The van der Waals surface area contributed by atoms with Gasteiger partial charge in [0, 0.05) is 22.8 Å². The third-order valence-corrected chi connectivity index (χ3v) is 7.85. The van der Waals surface area contributed by atoms with Crippen LogP contribution in [0.3, 0.4) is 0 Å². The second-order valence-electron chi connectivity index (χ2n) is 9.67. The van der Waals surface area contributed by atoms with Crippen molar-refractivity contribution in [2.24, 2.45) is 17.8 Å². The summed E-state index contributed by atoms with van der Waals surface area (Å²) in [4.78, 5) is 24.2. The van der Waals surface area contributed by atoms with E-state index in [4.69, 9.17) is 16.7 Å². The van der Waals surface area contributed by atoms with Gasteiger partial charge in [0.05, 0.1) is 5.02 Å². The molecule has 0 aliphatic heterocycles. The first-order chi connectivity index (χ1) is 14.8. The summed E-state index contributed by atoms with van der Waals surface area (Å²) in [5.74, 6) is 1.21. The number of carboxylic acids is 1. The number of carbonyl (C=O) groups excluding carboxylic acids is 1. The van der Waals surface area contributed by atoms with Gasteiger partial charge in [-0.3, -0.25) is 4.79 Å². The second-order valence-corrected chi connectivity index (χ2v) is 10.1. The van der Waals surface area contributed by atoms with Gasteiger partial charge in [-0.25, -0.2) is 4.79 Å². The summed E-state index contributed by atoms with van der Waals surface area (Å²) in [5, 5.41) is 19.9. The van der Waals surface area contributed by atoms with E-state index in [0.29, 0.717) is 21.7 Å². The molecule has 160 valence electrons. The van der Waals surface area contributed by atoms with Crippen LogP contribution in [-0.4, -0.2) is 22.0 Å². The summed E-state index contributed by atoms with van der Waals surface area (Å²) < 4.78 is 0. The van der Waals surface area contributed by atoms with E-state index < -0.39 is 5.97 Å². The van der Waals surface area contributed by atoms with E-state index in [1.165, 1.54) is 25.3 Å². The number of aromatic hydroxyl groups is 1. The molecule has 4 aliphatic rings. The van der Waals surface area contributed by atoms with Crippen LogP contribution in [0.25, 0.3) is 6.08 Å². The molecule has 4 aliphatic carbocycles. The molecule has 4 bridgehead atoms. The molecule has 0 spiro atoms. The first-order valence-electron chi connectivity index (χ1n) is 10.9. The minimum absolute atomic E-state index is 0.0228. The molecule has 0 aromatic heterocycles. The van der Waals surface area contributed by atoms with Crippen LogP contribution >= 0.6 is 11.6 Å². The average Bonchev–Trinajstić information content (AvgIpc) is 2.72. The van der Waals surface area contributed by atoms with Crippen molar-refractivity contribution in [1.29, 1.82) is 0 Å². The Balaban J connectivity index is 1.51. The number of ketones is 1. The standard InChI is InChI=1S/C26H25ClO4/c27-22-4-1-15(2-6-24(29)30)10-20(22)25(31)19-3-5-23(28)21(11-19)26-12-16-7-17(13-26)9-18(8-16)14-26/h1-6,10-11,16-18,28H,7-9,12-14H2,(H,29,30). The Morgan fingerprint density at radius 2 is 1.61 bits per heavy atom. The highest BCUT2D eigenvalue weighted by Crippen LogP contribution is 2.61. The first kappa shape index (κ1) is 20.3. The SMILES string of the molecule is O=C(O)C=Cc1ccc(Cl)c(C(=O)c2ccc(O)c(C34CC5CC(CC(C5)C3)C4)c2)c1. The van der Waals surface area contributed by atoms with Crippen LogP contribution in [-0.2, 0) is 10.2 Å². The van der Waals surface area contributed by atoms with Crippen molar-refractivity contribution in [2.45, 2.75) is 43.9 Å². The molecule has 4 saturated carbocycles. The van der Waals surface area contributed by atoms with Crippen LogP contribution in [0.15, 0.2) is 42.5 Å². The zero-order valence-electron chi connectivity index (χ0n) is 17.2. The minimum Gasteiger partial charge on any atom is -0.508 e. The average molecular weight is 437 g/mol. The highest BCUT2D eigenvalue weighted by atomic mass is 35.5. The predicted octanol–water partition coefficient (Wildman–Crippen LogP) is 5.84. The molecular formula is C26H25ClO4. The monoisotopic (exact) mass is 436 g/mol. The minimum atomic E-state index is -1.05. The Labute approximate surface area is 186 Å². The van der Waals surface area contributed by atoms with Crippen LogP contribution in [0.5, 0.6) is 5.75 Å². The van der Waals surface area contributed by atoms with Crippen molar-refractivity contribution in [1.82, 2.24) is 0 Å². The number of phenolic OH excluding ortho intramolecular Hbond substituents is 1. The molecule has 0 amide bonds. The van der Waals surface area contributed by atoms with Gasteiger partial charge in [0.25, 0.3) is 0 Å². The molecule has 2 aromatic carbocycles. The molecule has 0 saturated heterocycles. The molecular weight excluding hydrogens is 412 g/mol. The topological polar surface area (TPSA) is 74.6 Å². The summed E-state index contributed by atoms with van der Waals surface area (Å²) >= 11 is 6.32. The van der Waals surface area contributed by atoms with Crippen LogP contribution in [0, 0.1) is 17.8 Å². The number of phenols is 1. The van der Waals surface area contributed by atoms with E-state index in [9.17, 15) is 14.7 Å². The molecule has 0 heterocycles. The molecule has 5 heteroatoms. The Hall–Kier alpha value is -2.59. The maximum Gasteiger partial charge on any atom is 0.328 e. The lowest BCUT2D eigenvalue weighted by Gasteiger charge is -2.57. The molecule has 4 nitrogen and oxygen atoms in total. The lowest BCUT2D eigenvalue weighted by molar-refractivity contribution is -0.131. The van der Waals surface area contributed by atoms with Gasteiger partial charge in [0.2, 0.25) is 0 Å². The zero-order valence-corrected chi connectivity index (χ0v) is 17.9. The van der Waals surface area contributed by atoms with Crippen molar-refractivity contribution in [3.8, 4) is 5.75 Å². The van der Waals surface area contributed by atoms with Gasteiger partial charge in [-0.1, -0.05) is 17.7 Å². The fraction of sp³-hybridized carbons (Fsp3) is 0.385. The van der Waals surface area contributed by atoms with Crippen LogP contribution in [0.4, 0.5) is 0 Å². The highest BCUT2D eigenvalue weighted by Gasteiger charge is 2.52.